The van der Waals surface area contributed by atoms with Gasteiger partial charge < -0.3 is 10.1 Å². The third-order valence-corrected chi connectivity index (χ3v) is 3.50. The summed E-state index contributed by atoms with van der Waals surface area (Å²) in [5.74, 6) is 0. The number of halogens is 6. The third kappa shape index (κ3) is 4.36. The molecule has 1 heterocycles. The lowest BCUT2D eigenvalue weighted by molar-refractivity contribution is -0.144. The number of ether oxygens (including phenoxy) is 1. The molecule has 2 rings (SSSR count). The van der Waals surface area contributed by atoms with E-state index in [1.165, 1.54) is 0 Å². The number of alkyl halides is 6. The van der Waals surface area contributed by atoms with Gasteiger partial charge in [0, 0.05) is 0 Å². The summed E-state index contributed by atoms with van der Waals surface area (Å²) in [7, 11) is 0. The minimum absolute atomic E-state index is 0.140. The maximum Gasteiger partial charge on any atom is 0.416 e. The predicted octanol–water partition coefficient (Wildman–Crippen LogP) is 3.99. The first-order valence-corrected chi connectivity index (χ1v) is 6.77. The Labute approximate surface area is 123 Å². The normalized spacial score (nSPS) is 17.7. The van der Waals surface area contributed by atoms with Crippen LogP contribution in [0.1, 0.15) is 29.5 Å². The van der Waals surface area contributed by atoms with Crippen LogP contribution in [0.5, 0.6) is 0 Å². The number of benzene rings is 1. The lowest BCUT2D eigenvalue weighted by Crippen LogP contribution is -2.32. The Morgan fingerprint density at radius 1 is 1.00 bits per heavy atom. The van der Waals surface area contributed by atoms with Crippen molar-refractivity contribution in [2.75, 3.05) is 13.1 Å². The van der Waals surface area contributed by atoms with Crippen LogP contribution in [0.4, 0.5) is 26.3 Å². The van der Waals surface area contributed by atoms with Crippen molar-refractivity contribution in [3.05, 3.63) is 34.9 Å². The van der Waals surface area contributed by atoms with Gasteiger partial charge in [0.25, 0.3) is 0 Å². The molecule has 0 spiro atoms. The quantitative estimate of drug-likeness (QED) is 0.848. The molecule has 1 aromatic rings. The third-order valence-electron chi connectivity index (χ3n) is 3.50. The maximum atomic E-state index is 12.9. The van der Waals surface area contributed by atoms with Crippen LogP contribution in [0, 0.1) is 0 Å². The zero-order chi connectivity index (χ0) is 16.4. The first kappa shape index (κ1) is 17.1. The lowest BCUT2D eigenvalue weighted by atomic mass is 10.0. The van der Waals surface area contributed by atoms with Crippen molar-refractivity contribution in [3.8, 4) is 0 Å². The number of hydrogen-bond acceptors (Lipinski definition) is 2. The Hall–Kier alpha value is -1.28. The van der Waals surface area contributed by atoms with Crippen LogP contribution >= 0.6 is 0 Å². The van der Waals surface area contributed by atoms with E-state index in [0.29, 0.717) is 32.0 Å². The molecule has 1 saturated heterocycles. The highest BCUT2D eigenvalue weighted by atomic mass is 19.4. The van der Waals surface area contributed by atoms with Gasteiger partial charge in [0.2, 0.25) is 0 Å². The van der Waals surface area contributed by atoms with Crippen molar-refractivity contribution in [2.24, 2.45) is 0 Å². The van der Waals surface area contributed by atoms with E-state index >= 15 is 0 Å². The van der Waals surface area contributed by atoms with E-state index in [4.69, 9.17) is 4.74 Å². The van der Waals surface area contributed by atoms with Gasteiger partial charge in [-0.15, -0.1) is 0 Å². The van der Waals surface area contributed by atoms with Crippen molar-refractivity contribution < 1.29 is 31.1 Å². The number of nitrogens with one attached hydrogen (secondary N) is 1. The molecule has 2 nitrogen and oxygen atoms in total. The second kappa shape index (κ2) is 6.45. The Morgan fingerprint density at radius 2 is 1.64 bits per heavy atom. The highest BCUT2D eigenvalue weighted by Gasteiger charge is 2.38. The molecule has 0 atom stereocenters. The fraction of sp³-hybridized carbons (Fsp3) is 0.571. The van der Waals surface area contributed by atoms with Gasteiger partial charge in [-0.25, -0.2) is 0 Å². The number of piperidine rings is 1. The molecule has 8 heteroatoms. The molecule has 0 amide bonds. The lowest BCUT2D eigenvalue weighted by Gasteiger charge is -2.24. The van der Waals surface area contributed by atoms with Crippen molar-refractivity contribution >= 4 is 0 Å². The smallest absolute Gasteiger partial charge is 0.373 e. The summed E-state index contributed by atoms with van der Waals surface area (Å²) in [4.78, 5) is 0. The van der Waals surface area contributed by atoms with Crippen LogP contribution < -0.4 is 5.32 Å². The molecule has 1 N–H and O–H groups in total. The van der Waals surface area contributed by atoms with Crippen LogP contribution in [-0.2, 0) is 23.7 Å². The summed E-state index contributed by atoms with van der Waals surface area (Å²) < 4.78 is 81.9. The van der Waals surface area contributed by atoms with Crippen molar-refractivity contribution in [1.82, 2.24) is 5.32 Å². The number of rotatable bonds is 3. The van der Waals surface area contributed by atoms with E-state index in [0.717, 1.165) is 6.07 Å². The molecule has 0 bridgehead atoms. The minimum atomic E-state index is -4.85. The van der Waals surface area contributed by atoms with Gasteiger partial charge in [-0.3, -0.25) is 0 Å². The van der Waals surface area contributed by atoms with Gasteiger partial charge >= 0.3 is 12.4 Å². The highest BCUT2D eigenvalue weighted by Crippen LogP contribution is 2.37. The molecule has 0 aromatic heterocycles. The highest BCUT2D eigenvalue weighted by molar-refractivity contribution is 5.35. The average Bonchev–Trinajstić information content (AvgIpc) is 2.44. The van der Waals surface area contributed by atoms with Gasteiger partial charge in [-0.05, 0) is 43.6 Å². The summed E-state index contributed by atoms with van der Waals surface area (Å²) in [6, 6.07) is 1.63. The van der Waals surface area contributed by atoms with Crippen molar-refractivity contribution in [3.63, 3.8) is 0 Å². The largest absolute Gasteiger partial charge is 0.416 e. The fourth-order valence-electron chi connectivity index (χ4n) is 2.31. The molecule has 0 saturated carbocycles. The molecule has 1 aliphatic rings. The van der Waals surface area contributed by atoms with Gasteiger partial charge in [-0.1, -0.05) is 6.07 Å². The van der Waals surface area contributed by atoms with Crippen LogP contribution in [0.15, 0.2) is 18.2 Å². The van der Waals surface area contributed by atoms with E-state index in [2.05, 4.69) is 5.32 Å². The molecule has 1 aliphatic heterocycles. The summed E-state index contributed by atoms with van der Waals surface area (Å²) in [6.07, 6.45) is -8.50. The van der Waals surface area contributed by atoms with E-state index in [-0.39, 0.29) is 24.3 Å². The molecular formula is C14H15F6NO. The molecule has 1 fully saturated rings. The van der Waals surface area contributed by atoms with Crippen molar-refractivity contribution in [2.45, 2.75) is 37.9 Å². The van der Waals surface area contributed by atoms with Gasteiger partial charge in [-0.2, -0.15) is 26.3 Å². The Kier molecular flexibility index (Phi) is 5.01. The molecular weight excluding hydrogens is 312 g/mol. The predicted molar refractivity (Wildman–Crippen MR) is 67.1 cm³/mol. The zero-order valence-electron chi connectivity index (χ0n) is 11.5. The first-order valence-electron chi connectivity index (χ1n) is 6.77. The molecule has 0 radical (unpaired) electrons. The molecule has 0 unspecified atom stereocenters. The Bertz CT molecular complexity index is 505. The van der Waals surface area contributed by atoms with E-state index in [1.54, 1.807) is 0 Å². The van der Waals surface area contributed by atoms with Crippen LogP contribution in [0.25, 0.3) is 0 Å². The minimum Gasteiger partial charge on any atom is -0.373 e. The van der Waals surface area contributed by atoms with E-state index in [1.807, 2.05) is 0 Å². The number of hydrogen-bond donors (Lipinski definition) is 1. The maximum absolute atomic E-state index is 12.9. The summed E-state index contributed by atoms with van der Waals surface area (Å²) in [5.41, 5.74) is -2.89. The van der Waals surface area contributed by atoms with Gasteiger partial charge in [0.15, 0.2) is 0 Å². The van der Waals surface area contributed by atoms with Crippen LogP contribution in [-0.4, -0.2) is 19.2 Å². The Balaban J connectivity index is 2.18. The van der Waals surface area contributed by atoms with E-state index in [9.17, 15) is 26.3 Å². The first-order chi connectivity index (χ1) is 10.2. The molecule has 124 valence electrons. The summed E-state index contributed by atoms with van der Waals surface area (Å²) in [5, 5.41) is 3.09. The zero-order valence-corrected chi connectivity index (χ0v) is 11.5. The monoisotopic (exact) mass is 327 g/mol. The second-order valence-corrected chi connectivity index (χ2v) is 5.13. The average molecular weight is 327 g/mol. The van der Waals surface area contributed by atoms with Gasteiger partial charge in [0.1, 0.15) is 0 Å². The topological polar surface area (TPSA) is 21.3 Å². The fourth-order valence-corrected chi connectivity index (χ4v) is 2.31. The van der Waals surface area contributed by atoms with E-state index < -0.39 is 23.5 Å². The molecule has 1 aromatic carbocycles. The van der Waals surface area contributed by atoms with Crippen LogP contribution in [0.3, 0.4) is 0 Å². The Morgan fingerprint density at radius 3 is 2.18 bits per heavy atom. The molecule has 0 aliphatic carbocycles. The second-order valence-electron chi connectivity index (χ2n) is 5.13. The molecule has 22 heavy (non-hydrogen) atoms. The summed E-state index contributed by atoms with van der Waals surface area (Å²) in [6.45, 7) is 1.07. The SMILES string of the molecule is FC(F)(F)c1ccc(COC2CCNCC2)c(C(F)(F)F)c1. The summed E-state index contributed by atoms with van der Waals surface area (Å²) >= 11 is 0. The standard InChI is InChI=1S/C14H15F6NO/c15-13(16,17)10-2-1-9(12(7-10)14(18,19)20)8-22-11-3-5-21-6-4-11/h1-2,7,11,21H,3-6,8H2. The van der Waals surface area contributed by atoms with Gasteiger partial charge in [0.05, 0.1) is 23.8 Å². The van der Waals surface area contributed by atoms with Crippen LogP contribution in [0.2, 0.25) is 0 Å². The van der Waals surface area contributed by atoms with Crippen molar-refractivity contribution in [1.29, 1.82) is 0 Å².